The monoisotopic (exact) mass is 434 g/mol. The van der Waals surface area contributed by atoms with Gasteiger partial charge in [-0.25, -0.2) is 8.42 Å². The maximum atomic E-state index is 12.7. The van der Waals surface area contributed by atoms with Gasteiger partial charge >= 0.3 is 0 Å². The van der Waals surface area contributed by atoms with Crippen molar-refractivity contribution in [2.45, 2.75) is 36.0 Å². The Labute approximate surface area is 175 Å². The van der Waals surface area contributed by atoms with Crippen molar-refractivity contribution in [3.8, 4) is 0 Å². The number of nitrogens with zero attached hydrogens (tertiary/aromatic N) is 1. The first-order chi connectivity index (χ1) is 14.0. The predicted molar refractivity (Wildman–Crippen MR) is 113 cm³/mol. The van der Waals surface area contributed by atoms with Gasteiger partial charge < -0.3 is 10.1 Å². The van der Waals surface area contributed by atoms with Crippen LogP contribution in [0.5, 0.6) is 0 Å². The van der Waals surface area contributed by atoms with Crippen molar-refractivity contribution in [3.63, 3.8) is 0 Å². The average molecular weight is 435 g/mol. The fraction of sp³-hybridized carbons (Fsp3) is 0.476. The second-order valence-electron chi connectivity index (χ2n) is 7.69. The summed E-state index contributed by atoms with van der Waals surface area (Å²) < 4.78 is 32.1. The Hall–Kier alpha value is -1.74. The van der Waals surface area contributed by atoms with E-state index in [1.54, 1.807) is 23.5 Å². The van der Waals surface area contributed by atoms with Crippen molar-refractivity contribution in [1.29, 1.82) is 0 Å². The van der Waals surface area contributed by atoms with Gasteiger partial charge in [-0.3, -0.25) is 4.79 Å². The van der Waals surface area contributed by atoms with Gasteiger partial charge in [-0.2, -0.15) is 4.31 Å². The summed E-state index contributed by atoms with van der Waals surface area (Å²) in [5, 5.41) is 5.17. The van der Waals surface area contributed by atoms with Crippen molar-refractivity contribution in [2.75, 3.05) is 32.8 Å². The van der Waals surface area contributed by atoms with Crippen LogP contribution in [0.25, 0.3) is 0 Å². The van der Waals surface area contributed by atoms with E-state index in [0.29, 0.717) is 38.4 Å². The Kier molecular flexibility index (Phi) is 6.06. The van der Waals surface area contributed by atoms with Gasteiger partial charge in [0.25, 0.3) is 5.91 Å². The predicted octanol–water partition coefficient (Wildman–Crippen LogP) is 3.01. The molecular formula is C21H26N2O4S2. The second-order valence-corrected chi connectivity index (χ2v) is 10.6. The molecule has 1 amide bonds. The van der Waals surface area contributed by atoms with E-state index in [9.17, 15) is 13.2 Å². The zero-order valence-corrected chi connectivity index (χ0v) is 17.9. The lowest BCUT2D eigenvalue weighted by Gasteiger charge is -2.28. The molecule has 1 aromatic carbocycles. The second kappa shape index (κ2) is 8.55. The highest BCUT2D eigenvalue weighted by Crippen LogP contribution is 2.42. The molecule has 0 bridgehead atoms. The zero-order chi connectivity index (χ0) is 20.3. The Morgan fingerprint density at radius 1 is 1.10 bits per heavy atom. The van der Waals surface area contributed by atoms with E-state index in [4.69, 9.17) is 4.74 Å². The minimum atomic E-state index is -3.55. The molecule has 1 aliphatic heterocycles. The first-order valence-corrected chi connectivity index (χ1v) is 12.3. The molecular weight excluding hydrogens is 408 g/mol. The zero-order valence-electron chi connectivity index (χ0n) is 16.3. The maximum absolute atomic E-state index is 12.7. The number of ether oxygens (including phenoxy) is 1. The van der Waals surface area contributed by atoms with Crippen LogP contribution in [0.2, 0.25) is 0 Å². The van der Waals surface area contributed by atoms with Crippen LogP contribution in [0, 0.1) is 0 Å². The van der Waals surface area contributed by atoms with Crippen molar-refractivity contribution < 1.29 is 17.9 Å². The molecule has 1 aromatic heterocycles. The molecule has 6 nitrogen and oxygen atoms in total. The molecule has 0 spiro atoms. The molecule has 2 fully saturated rings. The highest BCUT2D eigenvalue weighted by molar-refractivity contribution is 7.89. The van der Waals surface area contributed by atoms with Crippen LogP contribution in [0.3, 0.4) is 0 Å². The number of hydrogen-bond donors (Lipinski definition) is 1. The van der Waals surface area contributed by atoms with Crippen LogP contribution < -0.4 is 5.32 Å². The number of thiophene rings is 1. The van der Waals surface area contributed by atoms with Crippen LogP contribution >= 0.6 is 11.3 Å². The normalized spacial score (nSPS) is 19.9. The maximum Gasteiger partial charge on any atom is 0.251 e. The van der Waals surface area contributed by atoms with E-state index in [0.717, 1.165) is 12.8 Å². The molecule has 2 heterocycles. The molecule has 4 rings (SSSR count). The number of nitrogens with one attached hydrogen (secondary N) is 1. The molecule has 1 N–H and O–H groups in total. The van der Waals surface area contributed by atoms with Crippen LogP contribution in [0.1, 0.15) is 40.9 Å². The third kappa shape index (κ3) is 4.26. The number of carbonyl (C=O) groups excluding carboxylic acids is 1. The molecule has 0 radical (unpaired) electrons. The van der Waals surface area contributed by atoms with Crippen LogP contribution in [-0.4, -0.2) is 51.5 Å². The summed E-state index contributed by atoms with van der Waals surface area (Å²) in [4.78, 5) is 14.2. The third-order valence-electron chi connectivity index (χ3n) is 5.92. The van der Waals surface area contributed by atoms with Crippen molar-refractivity contribution in [1.82, 2.24) is 9.62 Å². The Balaban J connectivity index is 1.43. The van der Waals surface area contributed by atoms with Gasteiger partial charge in [-0.15, -0.1) is 11.3 Å². The number of sulfonamides is 1. The molecule has 2 aliphatic rings. The lowest BCUT2D eigenvalue weighted by Crippen LogP contribution is -2.40. The van der Waals surface area contributed by atoms with E-state index in [2.05, 4.69) is 22.8 Å². The first-order valence-electron chi connectivity index (χ1n) is 10.0. The quantitative estimate of drug-likeness (QED) is 0.758. The fourth-order valence-electron chi connectivity index (χ4n) is 4.21. The third-order valence-corrected chi connectivity index (χ3v) is 8.95. The Morgan fingerprint density at radius 2 is 1.79 bits per heavy atom. The molecule has 0 unspecified atom stereocenters. The summed E-state index contributed by atoms with van der Waals surface area (Å²) in [5.41, 5.74) is 0.508. The van der Waals surface area contributed by atoms with Crippen LogP contribution in [-0.2, 0) is 20.2 Å². The van der Waals surface area contributed by atoms with E-state index in [1.807, 2.05) is 0 Å². The molecule has 1 saturated heterocycles. The van der Waals surface area contributed by atoms with Gasteiger partial charge in [0.05, 0.1) is 18.1 Å². The largest absolute Gasteiger partial charge is 0.379 e. The summed E-state index contributed by atoms with van der Waals surface area (Å²) in [6.07, 6.45) is 4.54. The van der Waals surface area contributed by atoms with E-state index in [-0.39, 0.29) is 16.2 Å². The van der Waals surface area contributed by atoms with Gasteiger partial charge in [0.1, 0.15) is 0 Å². The number of rotatable bonds is 6. The fourth-order valence-corrected chi connectivity index (χ4v) is 6.60. The summed E-state index contributed by atoms with van der Waals surface area (Å²) in [5.74, 6) is -0.164. The number of morpholine rings is 1. The Morgan fingerprint density at radius 3 is 2.41 bits per heavy atom. The summed E-state index contributed by atoms with van der Waals surface area (Å²) in [7, 11) is -3.55. The van der Waals surface area contributed by atoms with Gasteiger partial charge in [-0.1, -0.05) is 18.9 Å². The number of carbonyl (C=O) groups is 1. The highest BCUT2D eigenvalue weighted by atomic mass is 32.2. The number of benzene rings is 1. The topological polar surface area (TPSA) is 75.7 Å². The van der Waals surface area contributed by atoms with Crippen LogP contribution in [0.15, 0.2) is 46.7 Å². The van der Waals surface area contributed by atoms with Crippen molar-refractivity contribution in [3.05, 3.63) is 52.2 Å². The summed E-state index contributed by atoms with van der Waals surface area (Å²) >= 11 is 1.75. The Bertz CT molecular complexity index is 928. The lowest BCUT2D eigenvalue weighted by atomic mass is 9.84. The molecule has 156 valence electrons. The summed E-state index contributed by atoms with van der Waals surface area (Å²) in [6, 6.07) is 10.4. The van der Waals surface area contributed by atoms with Gasteiger partial charge in [0.2, 0.25) is 10.0 Å². The van der Waals surface area contributed by atoms with Gasteiger partial charge in [0.15, 0.2) is 0 Å². The van der Waals surface area contributed by atoms with Crippen LogP contribution in [0.4, 0.5) is 0 Å². The SMILES string of the molecule is O=C(NCC1(c2cccs2)CCCC1)c1ccc(S(=O)(=O)N2CCOCC2)cc1. The minimum Gasteiger partial charge on any atom is -0.379 e. The van der Waals surface area contributed by atoms with E-state index < -0.39 is 10.0 Å². The molecule has 0 atom stereocenters. The number of hydrogen-bond acceptors (Lipinski definition) is 5. The standard InChI is InChI=1S/C21H26N2O4S2/c24-20(22-16-21(9-1-2-10-21)19-4-3-15-28-19)17-5-7-18(8-6-17)29(25,26)23-11-13-27-14-12-23/h3-8,15H,1-2,9-14,16H2,(H,22,24). The minimum absolute atomic E-state index is 0.0312. The molecule has 29 heavy (non-hydrogen) atoms. The molecule has 8 heteroatoms. The summed E-state index contributed by atoms with van der Waals surface area (Å²) in [6.45, 7) is 2.14. The van der Waals surface area contributed by atoms with E-state index in [1.165, 1.54) is 34.2 Å². The van der Waals surface area contributed by atoms with E-state index >= 15 is 0 Å². The molecule has 1 saturated carbocycles. The highest BCUT2D eigenvalue weighted by Gasteiger charge is 2.36. The molecule has 2 aromatic rings. The van der Waals surface area contributed by atoms with Gasteiger partial charge in [0, 0.05) is 35.5 Å². The number of amides is 1. The van der Waals surface area contributed by atoms with Gasteiger partial charge in [-0.05, 0) is 48.6 Å². The molecule has 1 aliphatic carbocycles. The smallest absolute Gasteiger partial charge is 0.251 e. The van der Waals surface area contributed by atoms with Crippen molar-refractivity contribution in [2.24, 2.45) is 0 Å². The van der Waals surface area contributed by atoms with Crippen molar-refractivity contribution >= 4 is 27.3 Å². The first kappa shape index (κ1) is 20.5. The lowest BCUT2D eigenvalue weighted by molar-refractivity contribution is 0.0730. The average Bonchev–Trinajstić information content (AvgIpc) is 3.45.